The van der Waals surface area contributed by atoms with Crippen LogP contribution in [0.4, 0.5) is 5.69 Å². The highest BCUT2D eigenvalue weighted by molar-refractivity contribution is 6.32. The largest absolute Gasteiger partial charge is 0.361 e. The summed E-state index contributed by atoms with van der Waals surface area (Å²) in [6.07, 6.45) is 5.84. The minimum Gasteiger partial charge on any atom is -0.361 e. The molecule has 0 spiro atoms. The summed E-state index contributed by atoms with van der Waals surface area (Å²) < 4.78 is 0. The first-order valence-electron chi connectivity index (χ1n) is 6.67. The third-order valence-corrected chi connectivity index (χ3v) is 4.36. The fourth-order valence-electron chi connectivity index (χ4n) is 2.87. The first-order valence-corrected chi connectivity index (χ1v) is 7.05. The van der Waals surface area contributed by atoms with E-state index in [1.807, 2.05) is 19.2 Å². The Morgan fingerprint density at radius 3 is 3.05 bits per heavy atom. The molecule has 0 saturated carbocycles. The van der Waals surface area contributed by atoms with Crippen molar-refractivity contribution in [3.8, 4) is 6.07 Å². The Kier molecular flexibility index (Phi) is 3.37. The highest BCUT2D eigenvalue weighted by Gasteiger charge is 2.29. The molecule has 4 nitrogen and oxygen atoms in total. The Hall–Kier alpha value is -1.99. The Balaban J connectivity index is 2.01. The normalized spacial score (nSPS) is 18.2. The maximum atomic E-state index is 9.04. The number of aromatic amines is 1. The fraction of sp³-hybridized carbons (Fsp3) is 0.333. The number of anilines is 1. The number of benzene rings is 1. The van der Waals surface area contributed by atoms with Crippen LogP contribution in [0.1, 0.15) is 35.8 Å². The molecule has 3 rings (SSSR count). The lowest BCUT2D eigenvalue weighted by Crippen LogP contribution is -2.24. The first-order chi connectivity index (χ1) is 9.72. The van der Waals surface area contributed by atoms with E-state index in [9.17, 15) is 0 Å². The minimum absolute atomic E-state index is 0.257. The van der Waals surface area contributed by atoms with Crippen molar-refractivity contribution in [2.45, 2.75) is 25.8 Å². The third-order valence-electron chi connectivity index (χ3n) is 3.88. The van der Waals surface area contributed by atoms with Gasteiger partial charge in [0.2, 0.25) is 0 Å². The van der Waals surface area contributed by atoms with E-state index in [0.717, 1.165) is 36.5 Å². The summed E-state index contributed by atoms with van der Waals surface area (Å²) in [4.78, 5) is 9.90. The van der Waals surface area contributed by atoms with Crippen molar-refractivity contribution in [3.63, 3.8) is 0 Å². The number of aromatic nitrogens is 2. The summed E-state index contributed by atoms with van der Waals surface area (Å²) in [5, 5.41) is 9.59. The Morgan fingerprint density at radius 2 is 2.35 bits per heavy atom. The molecule has 1 fully saturated rings. The number of nitriles is 1. The van der Waals surface area contributed by atoms with Gasteiger partial charge in [-0.1, -0.05) is 11.6 Å². The van der Waals surface area contributed by atoms with Gasteiger partial charge in [-0.15, -0.1) is 0 Å². The van der Waals surface area contributed by atoms with Crippen LogP contribution in [0.5, 0.6) is 0 Å². The van der Waals surface area contributed by atoms with Crippen molar-refractivity contribution in [2.24, 2.45) is 0 Å². The average Bonchev–Trinajstić information content (AvgIpc) is 3.11. The second-order valence-electron chi connectivity index (χ2n) is 5.01. The van der Waals surface area contributed by atoms with Crippen molar-refractivity contribution in [1.29, 1.82) is 5.26 Å². The van der Waals surface area contributed by atoms with Gasteiger partial charge in [0.25, 0.3) is 0 Å². The lowest BCUT2D eigenvalue weighted by Gasteiger charge is -2.27. The molecule has 102 valence electrons. The van der Waals surface area contributed by atoms with Crippen LogP contribution in [0.3, 0.4) is 0 Å². The Morgan fingerprint density at radius 1 is 1.50 bits per heavy atom. The molecule has 0 amide bonds. The predicted octanol–water partition coefficient (Wildman–Crippen LogP) is 3.58. The van der Waals surface area contributed by atoms with Crippen LogP contribution in [0.25, 0.3) is 0 Å². The second-order valence-corrected chi connectivity index (χ2v) is 5.39. The molecular weight excluding hydrogens is 272 g/mol. The first kappa shape index (κ1) is 13.0. The summed E-state index contributed by atoms with van der Waals surface area (Å²) >= 11 is 6.28. The lowest BCUT2D eigenvalue weighted by atomic mass is 10.1. The van der Waals surface area contributed by atoms with E-state index in [1.165, 1.54) is 0 Å². The van der Waals surface area contributed by atoms with Gasteiger partial charge in [0, 0.05) is 24.6 Å². The van der Waals surface area contributed by atoms with Crippen LogP contribution in [-0.2, 0) is 0 Å². The standard InChI is InChI=1S/C15H15ClN4/c1-10-12(5-4-11(9-17)14(10)16)20-8-2-3-13(20)15-18-6-7-19-15/h4-7,13H,2-3,8H2,1H3,(H,18,19). The monoisotopic (exact) mass is 286 g/mol. The molecule has 20 heavy (non-hydrogen) atoms. The molecule has 1 unspecified atom stereocenters. The van der Waals surface area contributed by atoms with E-state index in [4.69, 9.17) is 16.9 Å². The number of rotatable bonds is 2. The molecule has 1 aliphatic rings. The predicted molar refractivity (Wildman–Crippen MR) is 78.8 cm³/mol. The maximum Gasteiger partial charge on any atom is 0.128 e. The molecule has 2 heterocycles. The lowest BCUT2D eigenvalue weighted by molar-refractivity contribution is 0.675. The topological polar surface area (TPSA) is 55.7 Å². The van der Waals surface area contributed by atoms with E-state index >= 15 is 0 Å². The third kappa shape index (κ3) is 2.04. The molecule has 1 aromatic heterocycles. The second kappa shape index (κ2) is 5.18. The Labute approximate surface area is 123 Å². The van der Waals surface area contributed by atoms with E-state index in [2.05, 4.69) is 20.9 Å². The van der Waals surface area contributed by atoms with Crippen molar-refractivity contribution in [1.82, 2.24) is 9.97 Å². The van der Waals surface area contributed by atoms with Gasteiger partial charge in [0.1, 0.15) is 11.9 Å². The molecule has 1 saturated heterocycles. The van der Waals surface area contributed by atoms with Crippen molar-refractivity contribution >= 4 is 17.3 Å². The van der Waals surface area contributed by atoms with Gasteiger partial charge in [-0.25, -0.2) is 4.98 Å². The molecule has 1 N–H and O–H groups in total. The summed E-state index contributed by atoms with van der Waals surface area (Å²) in [7, 11) is 0. The zero-order valence-corrected chi connectivity index (χ0v) is 12.0. The number of nitrogens with one attached hydrogen (secondary N) is 1. The minimum atomic E-state index is 0.257. The SMILES string of the molecule is Cc1c(N2CCCC2c2ncc[nH]2)ccc(C#N)c1Cl. The van der Waals surface area contributed by atoms with Gasteiger partial charge in [0.15, 0.2) is 0 Å². The molecule has 0 bridgehead atoms. The van der Waals surface area contributed by atoms with Gasteiger partial charge < -0.3 is 9.88 Å². The van der Waals surface area contributed by atoms with Crippen molar-refractivity contribution < 1.29 is 0 Å². The van der Waals surface area contributed by atoms with Crippen molar-refractivity contribution in [2.75, 3.05) is 11.4 Å². The maximum absolute atomic E-state index is 9.04. The van der Waals surface area contributed by atoms with Crippen LogP contribution in [-0.4, -0.2) is 16.5 Å². The number of halogens is 1. The summed E-state index contributed by atoms with van der Waals surface area (Å²) in [5.41, 5.74) is 2.58. The van der Waals surface area contributed by atoms with Crippen molar-refractivity contribution in [3.05, 3.63) is 46.5 Å². The van der Waals surface area contributed by atoms with Crippen LogP contribution in [0.2, 0.25) is 5.02 Å². The highest BCUT2D eigenvalue weighted by Crippen LogP contribution is 2.38. The van der Waals surface area contributed by atoms with Crippen LogP contribution < -0.4 is 4.90 Å². The summed E-state index contributed by atoms with van der Waals surface area (Å²) in [6.45, 7) is 2.95. The number of hydrogen-bond donors (Lipinski definition) is 1. The number of hydrogen-bond acceptors (Lipinski definition) is 3. The van der Waals surface area contributed by atoms with E-state index in [0.29, 0.717) is 10.6 Å². The summed E-state index contributed by atoms with van der Waals surface area (Å²) in [5.74, 6) is 0.988. The Bertz CT molecular complexity index is 657. The van der Waals surface area contributed by atoms with Gasteiger partial charge >= 0.3 is 0 Å². The van der Waals surface area contributed by atoms with Gasteiger partial charge in [0.05, 0.1) is 16.6 Å². The van der Waals surface area contributed by atoms with Crippen LogP contribution >= 0.6 is 11.6 Å². The average molecular weight is 287 g/mol. The molecule has 0 radical (unpaired) electrons. The number of H-pyrrole nitrogens is 1. The van der Waals surface area contributed by atoms with Gasteiger partial charge in [-0.05, 0) is 37.5 Å². The van der Waals surface area contributed by atoms with Crippen LogP contribution in [0, 0.1) is 18.3 Å². The van der Waals surface area contributed by atoms with Crippen LogP contribution in [0.15, 0.2) is 24.5 Å². The molecule has 1 aliphatic heterocycles. The molecule has 1 aromatic carbocycles. The van der Waals surface area contributed by atoms with Gasteiger partial charge in [-0.3, -0.25) is 0 Å². The molecular formula is C15H15ClN4. The zero-order valence-electron chi connectivity index (χ0n) is 11.2. The van der Waals surface area contributed by atoms with E-state index < -0.39 is 0 Å². The van der Waals surface area contributed by atoms with E-state index in [-0.39, 0.29) is 6.04 Å². The highest BCUT2D eigenvalue weighted by atomic mass is 35.5. The quantitative estimate of drug-likeness (QED) is 0.918. The smallest absolute Gasteiger partial charge is 0.128 e. The molecule has 1 atom stereocenters. The number of nitrogens with zero attached hydrogens (tertiary/aromatic N) is 3. The van der Waals surface area contributed by atoms with E-state index in [1.54, 1.807) is 12.3 Å². The zero-order chi connectivity index (χ0) is 14.1. The fourth-order valence-corrected chi connectivity index (χ4v) is 3.07. The van der Waals surface area contributed by atoms with Gasteiger partial charge in [-0.2, -0.15) is 5.26 Å². The number of imidazole rings is 1. The molecule has 0 aliphatic carbocycles. The summed E-state index contributed by atoms with van der Waals surface area (Å²) in [6, 6.07) is 6.16. The molecule has 5 heteroatoms. The molecule has 2 aromatic rings.